The summed E-state index contributed by atoms with van der Waals surface area (Å²) in [5, 5.41) is 5.00. The lowest BCUT2D eigenvalue weighted by molar-refractivity contribution is 0.129. The Bertz CT molecular complexity index is 385. The molecule has 0 saturated carbocycles. The van der Waals surface area contributed by atoms with Crippen LogP contribution in [0.4, 0.5) is 0 Å². The lowest BCUT2D eigenvalue weighted by atomic mass is 10.2. The van der Waals surface area contributed by atoms with Gasteiger partial charge < -0.3 is 10.1 Å². The normalized spacial score (nSPS) is 10.9. The Hall–Kier alpha value is 0.01000. The van der Waals surface area contributed by atoms with E-state index in [0.29, 0.717) is 21.6 Å². The molecule has 0 heterocycles. The first-order valence-corrected chi connectivity index (χ1v) is 7.71. The Morgan fingerprint density at radius 1 is 1.05 bits per heavy atom. The maximum atomic E-state index is 6.11. The fraction of sp³-hybridized carbons (Fsp3) is 0.571. The molecule has 1 aromatic rings. The van der Waals surface area contributed by atoms with E-state index in [9.17, 15) is 0 Å². The van der Waals surface area contributed by atoms with E-state index < -0.39 is 0 Å². The van der Waals surface area contributed by atoms with Gasteiger partial charge in [0.2, 0.25) is 0 Å². The highest BCUT2D eigenvalue weighted by atomic mass is 35.5. The smallest absolute Gasteiger partial charge is 0.0652 e. The van der Waals surface area contributed by atoms with Crippen molar-refractivity contribution in [3.05, 3.63) is 32.8 Å². The van der Waals surface area contributed by atoms with Gasteiger partial charge in [0.05, 0.1) is 10.0 Å². The van der Waals surface area contributed by atoms with Crippen molar-refractivity contribution in [3.8, 4) is 0 Å². The van der Waals surface area contributed by atoms with Gasteiger partial charge in [0, 0.05) is 30.3 Å². The van der Waals surface area contributed by atoms with E-state index in [1.807, 2.05) is 0 Å². The second-order valence-corrected chi connectivity index (χ2v) is 5.51. The van der Waals surface area contributed by atoms with Gasteiger partial charge in [-0.15, -0.1) is 0 Å². The summed E-state index contributed by atoms with van der Waals surface area (Å²) in [7, 11) is 0. The summed E-state index contributed by atoms with van der Waals surface area (Å²) >= 11 is 18.2. The van der Waals surface area contributed by atoms with E-state index in [1.165, 1.54) is 6.42 Å². The predicted octanol–water partition coefficient (Wildman–Crippen LogP) is 4.94. The lowest BCUT2D eigenvalue weighted by Gasteiger charge is -2.10. The molecule has 1 rings (SSSR count). The number of unbranched alkanes of at least 4 members (excludes halogenated alkanes) is 1. The predicted molar refractivity (Wildman–Crippen MR) is 83.5 cm³/mol. The highest BCUT2D eigenvalue weighted by Crippen LogP contribution is 2.31. The van der Waals surface area contributed by atoms with Crippen molar-refractivity contribution in [1.29, 1.82) is 0 Å². The van der Waals surface area contributed by atoms with Gasteiger partial charge in [-0.2, -0.15) is 0 Å². The van der Waals surface area contributed by atoms with E-state index in [1.54, 1.807) is 12.1 Å². The van der Waals surface area contributed by atoms with E-state index in [0.717, 1.165) is 38.2 Å². The van der Waals surface area contributed by atoms with Gasteiger partial charge in [-0.1, -0.05) is 48.1 Å². The maximum absolute atomic E-state index is 6.11. The van der Waals surface area contributed by atoms with Gasteiger partial charge in [0.15, 0.2) is 0 Å². The van der Waals surface area contributed by atoms with Crippen LogP contribution in [-0.4, -0.2) is 19.8 Å². The molecule has 0 amide bonds. The molecular weight excluding hydrogens is 305 g/mol. The third-order valence-corrected chi connectivity index (χ3v) is 3.92. The van der Waals surface area contributed by atoms with Gasteiger partial charge >= 0.3 is 0 Å². The van der Waals surface area contributed by atoms with Crippen molar-refractivity contribution in [1.82, 2.24) is 5.32 Å². The molecule has 2 nitrogen and oxygen atoms in total. The fourth-order valence-corrected chi connectivity index (χ4v) is 2.27. The van der Waals surface area contributed by atoms with Crippen LogP contribution in [-0.2, 0) is 11.3 Å². The summed E-state index contributed by atoms with van der Waals surface area (Å²) in [6.07, 6.45) is 3.27. The van der Waals surface area contributed by atoms with Crippen molar-refractivity contribution < 1.29 is 4.74 Å². The first-order chi connectivity index (χ1) is 9.16. The molecule has 5 heteroatoms. The average molecular weight is 325 g/mol. The number of nitrogens with one attached hydrogen (secondary N) is 1. The van der Waals surface area contributed by atoms with Crippen molar-refractivity contribution in [2.24, 2.45) is 0 Å². The minimum atomic E-state index is 0.529. The molecule has 0 unspecified atom stereocenters. The first-order valence-electron chi connectivity index (χ1n) is 6.57. The lowest BCUT2D eigenvalue weighted by Crippen LogP contribution is -2.17. The van der Waals surface area contributed by atoms with Crippen molar-refractivity contribution >= 4 is 34.8 Å². The Labute approximate surface area is 130 Å². The molecule has 1 N–H and O–H groups in total. The van der Waals surface area contributed by atoms with E-state index in [-0.39, 0.29) is 0 Å². The molecule has 0 bridgehead atoms. The summed E-state index contributed by atoms with van der Waals surface area (Å²) in [5.74, 6) is 0. The minimum absolute atomic E-state index is 0.529. The number of halogens is 3. The molecule has 0 radical (unpaired) electrons. The Balaban J connectivity index is 2.21. The van der Waals surface area contributed by atoms with Crippen LogP contribution in [0.25, 0.3) is 0 Å². The van der Waals surface area contributed by atoms with Gasteiger partial charge in [0.25, 0.3) is 0 Å². The highest BCUT2D eigenvalue weighted by Gasteiger charge is 2.08. The first kappa shape index (κ1) is 17.1. The van der Waals surface area contributed by atoms with E-state index in [4.69, 9.17) is 39.5 Å². The van der Waals surface area contributed by atoms with Gasteiger partial charge in [0.1, 0.15) is 0 Å². The second kappa shape index (κ2) is 9.84. The monoisotopic (exact) mass is 323 g/mol. The molecule has 19 heavy (non-hydrogen) atoms. The summed E-state index contributed by atoms with van der Waals surface area (Å²) in [6, 6.07) is 3.47. The van der Waals surface area contributed by atoms with E-state index >= 15 is 0 Å². The molecule has 0 fully saturated rings. The Morgan fingerprint density at radius 2 is 1.74 bits per heavy atom. The van der Waals surface area contributed by atoms with Crippen LogP contribution < -0.4 is 5.32 Å². The van der Waals surface area contributed by atoms with Crippen molar-refractivity contribution in [2.45, 2.75) is 32.7 Å². The standard InChI is InChI=1S/C14H20Cl3NO/c1-2-3-8-19-9-4-7-18-10-11-12(15)5-6-13(16)14(11)17/h5-6,18H,2-4,7-10H2,1H3. The number of rotatable bonds is 9. The number of ether oxygens (including phenoxy) is 1. The summed E-state index contributed by atoms with van der Waals surface area (Å²) < 4.78 is 5.48. The van der Waals surface area contributed by atoms with Crippen LogP contribution in [0.15, 0.2) is 12.1 Å². The quantitative estimate of drug-likeness (QED) is 0.513. The average Bonchev–Trinajstić information content (AvgIpc) is 2.40. The van der Waals surface area contributed by atoms with Crippen molar-refractivity contribution in [3.63, 3.8) is 0 Å². The van der Waals surface area contributed by atoms with Crippen LogP contribution in [0.5, 0.6) is 0 Å². The second-order valence-electron chi connectivity index (χ2n) is 4.32. The van der Waals surface area contributed by atoms with Crippen LogP contribution in [0, 0.1) is 0 Å². The third-order valence-electron chi connectivity index (χ3n) is 2.73. The molecule has 1 aromatic carbocycles. The highest BCUT2D eigenvalue weighted by molar-refractivity contribution is 6.44. The SMILES string of the molecule is CCCCOCCCNCc1c(Cl)ccc(Cl)c1Cl. The topological polar surface area (TPSA) is 21.3 Å². The van der Waals surface area contributed by atoms with Crippen LogP contribution in [0.2, 0.25) is 15.1 Å². The number of hydrogen-bond acceptors (Lipinski definition) is 2. The number of benzene rings is 1. The Morgan fingerprint density at radius 3 is 2.47 bits per heavy atom. The third kappa shape index (κ3) is 6.33. The zero-order chi connectivity index (χ0) is 14.1. The summed E-state index contributed by atoms with van der Waals surface area (Å²) in [5.41, 5.74) is 0.850. The van der Waals surface area contributed by atoms with Crippen LogP contribution in [0.1, 0.15) is 31.7 Å². The molecule has 0 atom stereocenters. The van der Waals surface area contributed by atoms with Gasteiger partial charge in [-0.05, 0) is 31.5 Å². The van der Waals surface area contributed by atoms with Crippen LogP contribution in [0.3, 0.4) is 0 Å². The zero-order valence-corrected chi connectivity index (χ0v) is 13.4. The van der Waals surface area contributed by atoms with Gasteiger partial charge in [-0.25, -0.2) is 0 Å². The molecule has 108 valence electrons. The molecule has 0 aromatic heterocycles. The molecule has 0 aliphatic heterocycles. The largest absolute Gasteiger partial charge is 0.381 e. The molecule has 0 spiro atoms. The minimum Gasteiger partial charge on any atom is -0.381 e. The molecule has 0 saturated heterocycles. The molecule has 0 aliphatic carbocycles. The van der Waals surface area contributed by atoms with E-state index in [2.05, 4.69) is 12.2 Å². The maximum Gasteiger partial charge on any atom is 0.0652 e. The molecule has 0 aliphatic rings. The van der Waals surface area contributed by atoms with Gasteiger partial charge in [-0.3, -0.25) is 0 Å². The summed E-state index contributed by atoms with van der Waals surface area (Å²) in [6.45, 7) is 5.27. The van der Waals surface area contributed by atoms with Crippen molar-refractivity contribution in [2.75, 3.05) is 19.8 Å². The van der Waals surface area contributed by atoms with Crippen LogP contribution >= 0.6 is 34.8 Å². The number of hydrogen-bond donors (Lipinski definition) is 1. The summed E-state index contributed by atoms with van der Waals surface area (Å²) in [4.78, 5) is 0. The zero-order valence-electron chi connectivity index (χ0n) is 11.1. The Kier molecular flexibility index (Phi) is 8.84. The fourth-order valence-electron chi connectivity index (χ4n) is 1.59. The molecular formula is C14H20Cl3NO.